The van der Waals surface area contributed by atoms with Gasteiger partial charge in [-0.05, 0) is 55.3 Å². The maximum Gasteiger partial charge on any atom is 0.251 e. The molecule has 0 unspecified atom stereocenters. The minimum atomic E-state index is -0.280. The Balaban J connectivity index is 0.00000280. The van der Waals surface area contributed by atoms with Gasteiger partial charge in [0.2, 0.25) is 5.91 Å². The number of hydrogen-bond donors (Lipinski definition) is 3. The SMILES string of the molecule is Cl.NCC1(NC(=O)c2cccc(NC(=O)CCCc3cccs3)c2)CCCC1. The highest BCUT2D eigenvalue weighted by atomic mass is 35.5. The Bertz CT molecular complexity index is 774. The topological polar surface area (TPSA) is 84.2 Å². The van der Waals surface area contributed by atoms with Crippen LogP contribution < -0.4 is 16.4 Å². The van der Waals surface area contributed by atoms with Crippen LogP contribution in [-0.4, -0.2) is 23.9 Å². The molecule has 1 aromatic carbocycles. The van der Waals surface area contributed by atoms with Crippen LogP contribution in [0.1, 0.15) is 53.8 Å². The van der Waals surface area contributed by atoms with Gasteiger partial charge < -0.3 is 16.4 Å². The van der Waals surface area contributed by atoms with Crippen molar-refractivity contribution >= 4 is 41.2 Å². The number of hydrogen-bond acceptors (Lipinski definition) is 4. The van der Waals surface area contributed by atoms with Gasteiger partial charge in [0, 0.05) is 29.1 Å². The van der Waals surface area contributed by atoms with E-state index in [1.54, 1.807) is 29.5 Å². The van der Waals surface area contributed by atoms with E-state index >= 15 is 0 Å². The van der Waals surface area contributed by atoms with Gasteiger partial charge in [0.1, 0.15) is 0 Å². The number of anilines is 1. The second-order valence-corrected chi connectivity index (χ2v) is 8.24. The average molecular weight is 422 g/mol. The first-order chi connectivity index (χ1) is 13.1. The molecule has 1 heterocycles. The lowest BCUT2D eigenvalue weighted by atomic mass is 9.97. The quantitative estimate of drug-likeness (QED) is 0.599. The summed E-state index contributed by atoms with van der Waals surface area (Å²) in [4.78, 5) is 26.1. The molecule has 28 heavy (non-hydrogen) atoms. The maximum absolute atomic E-state index is 12.6. The Morgan fingerprint density at radius 2 is 1.93 bits per heavy atom. The van der Waals surface area contributed by atoms with Crippen molar-refractivity contribution in [2.75, 3.05) is 11.9 Å². The van der Waals surface area contributed by atoms with Crippen LogP contribution in [-0.2, 0) is 11.2 Å². The predicted molar refractivity (Wildman–Crippen MR) is 117 cm³/mol. The van der Waals surface area contributed by atoms with E-state index in [-0.39, 0.29) is 29.8 Å². The number of nitrogens with two attached hydrogens (primary N) is 1. The van der Waals surface area contributed by atoms with E-state index in [1.165, 1.54) is 4.88 Å². The summed E-state index contributed by atoms with van der Waals surface area (Å²) in [6, 6.07) is 11.2. The first-order valence-electron chi connectivity index (χ1n) is 9.55. The van der Waals surface area contributed by atoms with Gasteiger partial charge in [-0.2, -0.15) is 0 Å². The van der Waals surface area contributed by atoms with E-state index in [1.807, 2.05) is 17.5 Å². The van der Waals surface area contributed by atoms with Crippen molar-refractivity contribution in [3.8, 4) is 0 Å². The molecule has 152 valence electrons. The number of thiophene rings is 1. The highest BCUT2D eigenvalue weighted by molar-refractivity contribution is 7.09. The summed E-state index contributed by atoms with van der Waals surface area (Å²) in [6.07, 6.45) is 6.23. The zero-order chi connectivity index (χ0) is 19.1. The Morgan fingerprint density at radius 1 is 1.14 bits per heavy atom. The molecule has 1 aromatic heterocycles. The molecule has 0 atom stereocenters. The van der Waals surface area contributed by atoms with Crippen LogP contribution in [0, 0.1) is 0 Å². The van der Waals surface area contributed by atoms with Crippen LogP contribution in [0.15, 0.2) is 41.8 Å². The standard InChI is InChI=1S/C21H27N3O2S.ClH/c22-15-21(11-1-2-12-21)24-20(26)16-6-3-7-17(14-16)23-19(25)10-4-8-18-9-5-13-27-18;/h3,5-7,9,13-14H,1-2,4,8,10-12,15,22H2,(H,23,25)(H,24,26);1H. The van der Waals surface area contributed by atoms with E-state index in [0.29, 0.717) is 24.2 Å². The molecule has 0 bridgehead atoms. The largest absolute Gasteiger partial charge is 0.345 e. The van der Waals surface area contributed by atoms with Crippen molar-refractivity contribution in [3.05, 3.63) is 52.2 Å². The molecule has 1 aliphatic rings. The molecule has 0 saturated heterocycles. The van der Waals surface area contributed by atoms with Gasteiger partial charge >= 0.3 is 0 Å². The molecule has 1 fully saturated rings. The van der Waals surface area contributed by atoms with Crippen molar-refractivity contribution in [3.63, 3.8) is 0 Å². The van der Waals surface area contributed by atoms with E-state index < -0.39 is 0 Å². The summed E-state index contributed by atoms with van der Waals surface area (Å²) in [5.74, 6) is -0.158. The van der Waals surface area contributed by atoms with E-state index in [9.17, 15) is 9.59 Å². The minimum Gasteiger partial charge on any atom is -0.345 e. The molecule has 3 rings (SSSR count). The molecule has 7 heteroatoms. The van der Waals surface area contributed by atoms with Gasteiger partial charge in [0.25, 0.3) is 5.91 Å². The fourth-order valence-electron chi connectivity index (χ4n) is 3.58. The van der Waals surface area contributed by atoms with Crippen LogP contribution in [0.3, 0.4) is 0 Å². The predicted octanol–water partition coefficient (Wildman–Crippen LogP) is 4.13. The number of aryl methyl sites for hydroxylation is 1. The zero-order valence-electron chi connectivity index (χ0n) is 15.9. The second-order valence-electron chi connectivity index (χ2n) is 7.21. The first-order valence-corrected chi connectivity index (χ1v) is 10.4. The number of carbonyl (C=O) groups is 2. The lowest BCUT2D eigenvalue weighted by molar-refractivity contribution is -0.116. The normalized spacial score (nSPS) is 14.9. The van der Waals surface area contributed by atoms with Crippen molar-refractivity contribution in [1.82, 2.24) is 5.32 Å². The molecule has 0 spiro atoms. The Morgan fingerprint density at radius 3 is 2.61 bits per heavy atom. The number of benzene rings is 1. The number of amides is 2. The van der Waals surface area contributed by atoms with E-state index in [0.717, 1.165) is 38.5 Å². The fraction of sp³-hybridized carbons (Fsp3) is 0.429. The third kappa shape index (κ3) is 6.06. The first kappa shape index (κ1) is 22.4. The summed E-state index contributed by atoms with van der Waals surface area (Å²) in [7, 11) is 0. The van der Waals surface area contributed by atoms with Crippen LogP contribution in [0.5, 0.6) is 0 Å². The Hall–Kier alpha value is -1.89. The van der Waals surface area contributed by atoms with Crippen molar-refractivity contribution in [2.24, 2.45) is 5.73 Å². The van der Waals surface area contributed by atoms with Gasteiger partial charge in [0.05, 0.1) is 5.54 Å². The van der Waals surface area contributed by atoms with Gasteiger partial charge in [0.15, 0.2) is 0 Å². The number of halogens is 1. The molecule has 1 aliphatic carbocycles. The fourth-order valence-corrected chi connectivity index (χ4v) is 4.34. The van der Waals surface area contributed by atoms with Crippen molar-refractivity contribution in [1.29, 1.82) is 0 Å². The van der Waals surface area contributed by atoms with Crippen LogP contribution in [0.2, 0.25) is 0 Å². The third-order valence-corrected chi connectivity index (χ3v) is 6.08. The summed E-state index contributed by atoms with van der Waals surface area (Å²) in [5.41, 5.74) is 6.82. The molecular formula is C21H28ClN3O2S. The summed E-state index contributed by atoms with van der Waals surface area (Å²) in [6.45, 7) is 0.458. The molecule has 0 radical (unpaired) electrons. The highest BCUT2D eigenvalue weighted by Gasteiger charge is 2.34. The number of nitrogens with one attached hydrogen (secondary N) is 2. The molecule has 0 aliphatic heterocycles. The van der Waals surface area contributed by atoms with Gasteiger partial charge in [-0.3, -0.25) is 9.59 Å². The van der Waals surface area contributed by atoms with Gasteiger partial charge in [-0.15, -0.1) is 23.7 Å². The van der Waals surface area contributed by atoms with Gasteiger partial charge in [-0.25, -0.2) is 0 Å². The van der Waals surface area contributed by atoms with E-state index in [4.69, 9.17) is 5.73 Å². The van der Waals surface area contributed by atoms with Crippen molar-refractivity contribution in [2.45, 2.75) is 50.5 Å². The highest BCUT2D eigenvalue weighted by Crippen LogP contribution is 2.29. The molecular weight excluding hydrogens is 394 g/mol. The molecule has 1 saturated carbocycles. The van der Waals surface area contributed by atoms with Crippen molar-refractivity contribution < 1.29 is 9.59 Å². The lowest BCUT2D eigenvalue weighted by Crippen LogP contribution is -2.51. The molecule has 2 aromatic rings. The lowest BCUT2D eigenvalue weighted by Gasteiger charge is -2.28. The molecule has 4 N–H and O–H groups in total. The maximum atomic E-state index is 12.6. The average Bonchev–Trinajstić information content (AvgIpc) is 3.34. The van der Waals surface area contributed by atoms with E-state index in [2.05, 4.69) is 16.7 Å². The molecule has 2 amide bonds. The minimum absolute atomic E-state index is 0. The Kier molecular flexibility index (Phi) is 8.48. The van der Waals surface area contributed by atoms with Gasteiger partial charge in [-0.1, -0.05) is 25.0 Å². The summed E-state index contributed by atoms with van der Waals surface area (Å²) < 4.78 is 0. The van der Waals surface area contributed by atoms with Crippen LogP contribution in [0.4, 0.5) is 5.69 Å². The zero-order valence-corrected chi connectivity index (χ0v) is 17.5. The monoisotopic (exact) mass is 421 g/mol. The number of carbonyl (C=O) groups excluding carboxylic acids is 2. The summed E-state index contributed by atoms with van der Waals surface area (Å²) >= 11 is 1.71. The smallest absolute Gasteiger partial charge is 0.251 e. The second kappa shape index (κ2) is 10.6. The van der Waals surface area contributed by atoms with Crippen LogP contribution >= 0.6 is 23.7 Å². The number of rotatable bonds is 8. The third-order valence-electron chi connectivity index (χ3n) is 5.15. The molecule has 5 nitrogen and oxygen atoms in total. The van der Waals surface area contributed by atoms with Crippen LogP contribution in [0.25, 0.3) is 0 Å². The Labute approximate surface area is 176 Å². The summed E-state index contributed by atoms with van der Waals surface area (Å²) in [5, 5.41) is 8.06.